The molecule has 1 aliphatic carbocycles. The molecule has 1 aromatic rings. The van der Waals surface area contributed by atoms with Crippen molar-refractivity contribution in [3.63, 3.8) is 0 Å². The molecule has 1 N–H and O–H groups in total. The number of hydrogen-bond acceptors (Lipinski definition) is 2. The summed E-state index contributed by atoms with van der Waals surface area (Å²) in [4.78, 5) is 0. The summed E-state index contributed by atoms with van der Waals surface area (Å²) in [6.07, 6.45) is 6.74. The molecule has 0 saturated heterocycles. The molecule has 1 aromatic heterocycles. The quantitative estimate of drug-likeness (QED) is 0.864. The highest BCUT2D eigenvalue weighted by molar-refractivity contribution is 6.31. The molecular formula is C17H29ClN2O. The van der Waals surface area contributed by atoms with Gasteiger partial charge in [-0.1, -0.05) is 39.3 Å². The predicted octanol–water partition coefficient (Wildman–Crippen LogP) is 4.83. The van der Waals surface area contributed by atoms with Crippen molar-refractivity contribution in [1.82, 2.24) is 9.78 Å². The van der Waals surface area contributed by atoms with Crippen LogP contribution in [0.3, 0.4) is 0 Å². The van der Waals surface area contributed by atoms with E-state index < -0.39 is 6.10 Å². The van der Waals surface area contributed by atoms with Gasteiger partial charge in [0.1, 0.15) is 0 Å². The zero-order valence-corrected chi connectivity index (χ0v) is 14.5. The molecular weight excluding hydrogens is 284 g/mol. The molecule has 0 bridgehead atoms. The molecule has 0 amide bonds. The Morgan fingerprint density at radius 1 is 1.33 bits per heavy atom. The van der Waals surface area contributed by atoms with E-state index in [0.717, 1.165) is 37.4 Å². The van der Waals surface area contributed by atoms with Crippen LogP contribution in [0.25, 0.3) is 0 Å². The Balaban J connectivity index is 2.05. The van der Waals surface area contributed by atoms with Crippen LogP contribution < -0.4 is 0 Å². The first-order valence-corrected chi connectivity index (χ1v) is 8.61. The van der Waals surface area contributed by atoms with Gasteiger partial charge in [0.25, 0.3) is 0 Å². The fraction of sp³-hybridized carbons (Fsp3) is 0.824. The number of aromatic nitrogens is 2. The van der Waals surface area contributed by atoms with E-state index in [1.54, 1.807) is 6.20 Å². The number of hydrogen-bond donors (Lipinski definition) is 1. The maximum atomic E-state index is 10.8. The van der Waals surface area contributed by atoms with Gasteiger partial charge in [-0.15, -0.1) is 0 Å². The zero-order chi connectivity index (χ0) is 15.6. The van der Waals surface area contributed by atoms with Gasteiger partial charge in [-0.2, -0.15) is 5.10 Å². The molecule has 120 valence electrons. The molecule has 0 aliphatic heterocycles. The van der Waals surface area contributed by atoms with Crippen LogP contribution in [0, 0.1) is 17.3 Å². The molecule has 1 saturated carbocycles. The maximum Gasteiger partial charge on any atom is 0.0999 e. The molecule has 1 heterocycles. The highest BCUT2D eigenvalue weighted by atomic mass is 35.5. The first-order chi connectivity index (χ1) is 9.84. The highest BCUT2D eigenvalue weighted by Gasteiger charge is 2.34. The third kappa shape index (κ3) is 3.81. The fourth-order valence-corrected chi connectivity index (χ4v) is 3.83. The Labute approximate surface area is 133 Å². The molecule has 21 heavy (non-hydrogen) atoms. The van der Waals surface area contributed by atoms with Gasteiger partial charge in [0, 0.05) is 6.54 Å². The average Bonchev–Trinajstić information content (AvgIpc) is 2.79. The smallest absolute Gasteiger partial charge is 0.0999 e. The lowest BCUT2D eigenvalue weighted by molar-refractivity contribution is 0.0472. The van der Waals surface area contributed by atoms with Crippen molar-refractivity contribution in [2.45, 2.75) is 72.4 Å². The van der Waals surface area contributed by atoms with Crippen molar-refractivity contribution in [3.8, 4) is 0 Å². The van der Waals surface area contributed by atoms with Crippen LogP contribution in [0.4, 0.5) is 0 Å². The summed E-state index contributed by atoms with van der Waals surface area (Å²) in [6, 6.07) is 0. The van der Waals surface area contributed by atoms with Crippen LogP contribution in [0.1, 0.15) is 71.6 Å². The van der Waals surface area contributed by atoms with Crippen LogP contribution >= 0.6 is 11.6 Å². The van der Waals surface area contributed by atoms with Gasteiger partial charge in [-0.05, 0) is 49.4 Å². The summed E-state index contributed by atoms with van der Waals surface area (Å²) in [5.41, 5.74) is 1.19. The van der Waals surface area contributed by atoms with Crippen LogP contribution in [-0.2, 0) is 6.54 Å². The largest absolute Gasteiger partial charge is 0.386 e. The number of halogens is 1. The van der Waals surface area contributed by atoms with Crippen molar-refractivity contribution in [2.75, 3.05) is 0 Å². The second kappa shape index (κ2) is 6.70. The average molecular weight is 313 g/mol. The molecule has 0 radical (unpaired) electrons. The van der Waals surface area contributed by atoms with Crippen molar-refractivity contribution in [2.24, 2.45) is 17.3 Å². The van der Waals surface area contributed by atoms with E-state index in [0.29, 0.717) is 16.4 Å². The minimum Gasteiger partial charge on any atom is -0.386 e. The van der Waals surface area contributed by atoms with Gasteiger partial charge in [-0.3, -0.25) is 4.68 Å². The Hall–Kier alpha value is -0.540. The van der Waals surface area contributed by atoms with E-state index >= 15 is 0 Å². The highest BCUT2D eigenvalue weighted by Crippen LogP contribution is 2.44. The normalized spacial score (nSPS) is 25.0. The van der Waals surface area contributed by atoms with Gasteiger partial charge in [0.2, 0.25) is 0 Å². The molecule has 1 aliphatic rings. The van der Waals surface area contributed by atoms with Gasteiger partial charge in [0.15, 0.2) is 0 Å². The van der Waals surface area contributed by atoms with E-state index in [-0.39, 0.29) is 0 Å². The van der Waals surface area contributed by atoms with Crippen LogP contribution in [0.2, 0.25) is 5.02 Å². The molecule has 0 aromatic carbocycles. The molecule has 1 fully saturated rings. The first-order valence-electron chi connectivity index (χ1n) is 8.23. The summed E-state index contributed by atoms with van der Waals surface area (Å²) in [5.74, 6) is 1.07. The van der Waals surface area contributed by atoms with E-state index in [4.69, 9.17) is 11.6 Å². The molecule has 2 rings (SSSR count). The second-order valence-electron chi connectivity index (χ2n) is 7.52. The zero-order valence-electron chi connectivity index (χ0n) is 13.8. The van der Waals surface area contributed by atoms with Gasteiger partial charge in [-0.25, -0.2) is 0 Å². The minimum absolute atomic E-state index is 0.313. The Morgan fingerprint density at radius 3 is 2.48 bits per heavy atom. The number of aliphatic hydroxyl groups is 1. The molecule has 4 heteroatoms. The number of nitrogens with zero attached hydrogens (tertiary/aromatic N) is 2. The lowest BCUT2D eigenvalue weighted by atomic mass is 9.68. The Bertz CT molecular complexity index is 456. The van der Waals surface area contributed by atoms with Crippen LogP contribution in [-0.4, -0.2) is 14.9 Å². The third-order valence-corrected chi connectivity index (χ3v) is 5.28. The van der Waals surface area contributed by atoms with E-state index in [1.807, 2.05) is 4.68 Å². The summed E-state index contributed by atoms with van der Waals surface area (Å²) >= 11 is 6.25. The maximum absolute atomic E-state index is 10.8. The summed E-state index contributed by atoms with van der Waals surface area (Å²) in [7, 11) is 0. The monoisotopic (exact) mass is 312 g/mol. The Morgan fingerprint density at radius 2 is 1.95 bits per heavy atom. The first kappa shape index (κ1) is 16.8. The van der Waals surface area contributed by atoms with Crippen molar-refractivity contribution < 1.29 is 5.11 Å². The van der Waals surface area contributed by atoms with Gasteiger partial charge in [0.05, 0.1) is 23.0 Å². The Kier molecular flexibility index (Phi) is 5.37. The molecule has 1 atom stereocenters. The molecule has 0 spiro atoms. The van der Waals surface area contributed by atoms with Gasteiger partial charge >= 0.3 is 0 Å². The topological polar surface area (TPSA) is 38.0 Å². The van der Waals surface area contributed by atoms with E-state index in [1.165, 1.54) is 12.8 Å². The molecule has 3 nitrogen and oxygen atoms in total. The lowest BCUT2D eigenvalue weighted by Gasteiger charge is -2.38. The third-order valence-electron chi connectivity index (χ3n) is 4.99. The summed E-state index contributed by atoms with van der Waals surface area (Å²) in [6.45, 7) is 9.89. The van der Waals surface area contributed by atoms with Crippen molar-refractivity contribution in [3.05, 3.63) is 16.9 Å². The molecule has 1 unspecified atom stereocenters. The standard InChI is InChI=1S/C17H29ClN2O/c1-5-10-20-15(14(18)11-19-20)16(21)12-6-8-13(9-7-12)17(2,3)4/h11-13,16,21H,5-10H2,1-4H3. The lowest BCUT2D eigenvalue weighted by Crippen LogP contribution is -2.28. The van der Waals surface area contributed by atoms with Crippen molar-refractivity contribution in [1.29, 1.82) is 0 Å². The van der Waals surface area contributed by atoms with Crippen molar-refractivity contribution >= 4 is 11.6 Å². The van der Waals surface area contributed by atoms with E-state index in [2.05, 4.69) is 32.8 Å². The van der Waals surface area contributed by atoms with E-state index in [9.17, 15) is 5.11 Å². The van der Waals surface area contributed by atoms with Crippen LogP contribution in [0.5, 0.6) is 0 Å². The SMILES string of the molecule is CCCn1ncc(Cl)c1C(O)C1CCC(C(C)(C)C)CC1. The minimum atomic E-state index is -0.479. The number of rotatable bonds is 4. The second-order valence-corrected chi connectivity index (χ2v) is 7.93. The predicted molar refractivity (Wildman–Crippen MR) is 87.4 cm³/mol. The number of aliphatic hydroxyl groups excluding tert-OH is 1. The fourth-order valence-electron chi connectivity index (χ4n) is 3.58. The van der Waals surface area contributed by atoms with Crippen LogP contribution in [0.15, 0.2) is 6.20 Å². The number of aryl methyl sites for hydroxylation is 1. The van der Waals surface area contributed by atoms with Gasteiger partial charge < -0.3 is 5.11 Å². The summed E-state index contributed by atoms with van der Waals surface area (Å²) < 4.78 is 1.88. The summed E-state index contributed by atoms with van der Waals surface area (Å²) in [5, 5.41) is 15.7.